The summed E-state index contributed by atoms with van der Waals surface area (Å²) in [4.78, 5) is 69.6. The van der Waals surface area contributed by atoms with Gasteiger partial charge in [-0.1, -0.05) is 74.1 Å². The van der Waals surface area contributed by atoms with E-state index in [0.717, 1.165) is 10.0 Å². The molecule has 3 aliphatic rings. The van der Waals surface area contributed by atoms with Gasteiger partial charge in [0.2, 0.25) is 23.6 Å². The third-order valence-electron chi connectivity index (χ3n) is 10.9. The van der Waals surface area contributed by atoms with E-state index in [1.54, 1.807) is 31.3 Å². The molecule has 0 radical (unpaired) electrons. The molecule has 18 nitrogen and oxygen atoms in total. The van der Waals surface area contributed by atoms with Gasteiger partial charge >= 0.3 is 7.12 Å². The third-order valence-corrected chi connectivity index (χ3v) is 12.7. The maximum atomic E-state index is 12.2. The molecule has 0 saturated carbocycles. The molecule has 4 aromatic rings. The van der Waals surface area contributed by atoms with Gasteiger partial charge in [0.05, 0.1) is 44.1 Å². The second-order valence-corrected chi connectivity index (χ2v) is 19.7. The number of ether oxygens (including phenoxy) is 2. The fraction of sp³-hybridized carbons (Fsp3) is 0.409. The molecule has 0 N–H and O–H groups in total. The van der Waals surface area contributed by atoms with Gasteiger partial charge in [0.1, 0.15) is 5.71 Å². The molecule has 5 heterocycles. The van der Waals surface area contributed by atoms with Crippen LogP contribution in [0.4, 0.5) is 0 Å². The fourth-order valence-corrected chi connectivity index (χ4v) is 7.84. The lowest BCUT2D eigenvalue weighted by Crippen LogP contribution is -2.41. The molecule has 2 aromatic carbocycles. The molecule has 1 fully saturated rings. The highest BCUT2D eigenvalue weighted by atomic mass is 79.9. The Labute approximate surface area is 420 Å². The maximum absolute atomic E-state index is 12.2. The highest BCUT2D eigenvalue weighted by Gasteiger charge is 2.52. The van der Waals surface area contributed by atoms with Crippen molar-refractivity contribution in [3.05, 3.63) is 93.9 Å². The van der Waals surface area contributed by atoms with E-state index in [0.29, 0.717) is 32.2 Å². The lowest BCUT2D eigenvalue weighted by Gasteiger charge is -2.32. The summed E-state index contributed by atoms with van der Waals surface area (Å²) in [6.45, 7) is 15.5. The van der Waals surface area contributed by atoms with Crippen LogP contribution in [0.15, 0.2) is 56.2 Å². The van der Waals surface area contributed by atoms with Gasteiger partial charge in [-0.2, -0.15) is 10.2 Å². The zero-order chi connectivity index (χ0) is 50.9. The monoisotopic (exact) mass is 1080 g/mol. The summed E-state index contributed by atoms with van der Waals surface area (Å²) in [5, 5.41) is 18.9. The van der Waals surface area contributed by atoms with Crippen molar-refractivity contribution in [3.63, 3.8) is 0 Å². The summed E-state index contributed by atoms with van der Waals surface area (Å²) in [5.41, 5.74) is 0.957. The largest absolute Gasteiger partial charge is 0.494 e. The molecule has 0 unspecified atom stereocenters. The average molecular weight is 1080 g/mol. The van der Waals surface area contributed by atoms with Crippen molar-refractivity contribution in [1.29, 1.82) is 0 Å². The molecule has 3 aliphatic heterocycles. The summed E-state index contributed by atoms with van der Waals surface area (Å²) in [5.74, 6) is -0.560. The summed E-state index contributed by atoms with van der Waals surface area (Å²) < 4.78 is 26.4. The quantitative estimate of drug-likeness (QED) is 0.124. The highest BCUT2D eigenvalue weighted by Crippen LogP contribution is 2.40. The molecule has 362 valence electrons. The third kappa shape index (κ3) is 12.2. The Morgan fingerprint density at radius 3 is 1.40 bits per heavy atom. The molecule has 0 bridgehead atoms. The van der Waals surface area contributed by atoms with Crippen LogP contribution >= 0.6 is 62.3 Å². The lowest BCUT2D eigenvalue weighted by atomic mass is 9.79. The molecule has 24 heteroatoms. The number of halogens is 5. The molecule has 68 heavy (non-hydrogen) atoms. The number of carbonyl (C=O) groups excluding carboxylic acids is 4. The number of ketones is 2. The van der Waals surface area contributed by atoms with Crippen LogP contribution in [-0.2, 0) is 42.6 Å². The number of aryl methyl sites for hydroxylation is 2. The minimum absolute atomic E-state index is 0.0238. The Morgan fingerprint density at radius 2 is 1.00 bits per heavy atom. The summed E-state index contributed by atoms with van der Waals surface area (Å²) in [7, 11) is 5.49. The summed E-state index contributed by atoms with van der Waals surface area (Å²) >= 11 is 28.5. The Morgan fingerprint density at radius 1 is 0.618 bits per heavy atom. The van der Waals surface area contributed by atoms with E-state index in [9.17, 15) is 28.8 Å². The first-order valence-electron chi connectivity index (χ1n) is 20.8. The zero-order valence-corrected chi connectivity index (χ0v) is 43.8. The Kier molecular flexibility index (Phi) is 17.0. The predicted octanol–water partition coefficient (Wildman–Crippen LogP) is 7.57. The molecule has 0 atom stereocenters. The number of hydrogen-bond acceptors (Lipinski definition) is 14. The van der Waals surface area contributed by atoms with Gasteiger partial charge in [0, 0.05) is 57.0 Å². The van der Waals surface area contributed by atoms with Crippen LogP contribution in [0.25, 0.3) is 0 Å². The topological polar surface area (TPSA) is 206 Å². The van der Waals surface area contributed by atoms with Crippen molar-refractivity contribution >= 4 is 109 Å². The minimum Gasteiger partial charge on any atom is -0.434 e. The summed E-state index contributed by atoms with van der Waals surface area (Å²) in [6, 6.07) is 9.53. The van der Waals surface area contributed by atoms with Crippen LogP contribution < -0.4 is 26.1 Å². The molecule has 2 amide bonds. The van der Waals surface area contributed by atoms with Gasteiger partial charge in [-0.25, -0.2) is 19.4 Å². The highest BCUT2D eigenvalue weighted by molar-refractivity contribution is 9.19. The number of Topliss-reactive ketones (excluding diaryl/α,β-unsaturated/α-hetero) is 2. The van der Waals surface area contributed by atoms with Gasteiger partial charge in [-0.3, -0.25) is 28.8 Å². The number of nitrogens with zero attached hydrogens (tertiary/aromatic N) is 8. The van der Waals surface area contributed by atoms with Crippen LogP contribution in [0.2, 0.25) is 20.1 Å². The first kappa shape index (κ1) is 54.0. The van der Waals surface area contributed by atoms with Gasteiger partial charge < -0.3 is 18.8 Å². The van der Waals surface area contributed by atoms with Crippen LogP contribution in [0.1, 0.15) is 96.8 Å². The molecular weight excluding hydrogens is 1030 g/mol. The van der Waals surface area contributed by atoms with Gasteiger partial charge in [0.15, 0.2) is 27.7 Å². The summed E-state index contributed by atoms with van der Waals surface area (Å²) in [6.07, 6.45) is -0.358. The molecule has 2 aromatic heterocycles. The fourth-order valence-electron chi connectivity index (χ4n) is 6.31. The second kappa shape index (κ2) is 21.4. The number of hydrogen-bond donors (Lipinski definition) is 0. The first-order chi connectivity index (χ1) is 31.5. The second-order valence-electron chi connectivity index (χ2n) is 17.3. The maximum Gasteiger partial charge on any atom is 0.494 e. The lowest BCUT2D eigenvalue weighted by molar-refractivity contribution is -0.135. The van der Waals surface area contributed by atoms with E-state index in [-0.39, 0.29) is 91.1 Å². The molecule has 0 aliphatic carbocycles. The van der Waals surface area contributed by atoms with Gasteiger partial charge in [0.25, 0.3) is 11.1 Å². The van der Waals surface area contributed by atoms with E-state index in [2.05, 4.69) is 36.3 Å². The Hall–Kier alpha value is -4.96. The molecular formula is C44H48BBrCl4N8O10. The van der Waals surface area contributed by atoms with Crippen molar-refractivity contribution in [2.45, 2.75) is 91.3 Å². The predicted molar refractivity (Wildman–Crippen MR) is 264 cm³/mol. The normalized spacial score (nSPS) is 16.6. The zero-order valence-electron chi connectivity index (χ0n) is 39.2. The number of benzene rings is 2. The van der Waals surface area contributed by atoms with Crippen molar-refractivity contribution < 1.29 is 38.0 Å². The Bertz CT molecular complexity index is 2820. The van der Waals surface area contributed by atoms with Crippen LogP contribution in [0.5, 0.6) is 23.3 Å². The van der Waals surface area contributed by atoms with Gasteiger partial charge in [-0.05, 0) is 85.2 Å². The molecule has 0 spiro atoms. The number of aromatic nitrogens is 4. The van der Waals surface area contributed by atoms with E-state index in [4.69, 9.17) is 65.2 Å². The van der Waals surface area contributed by atoms with E-state index in [1.165, 1.54) is 42.6 Å². The van der Waals surface area contributed by atoms with Crippen molar-refractivity contribution in [3.8, 4) is 23.3 Å². The van der Waals surface area contributed by atoms with E-state index < -0.39 is 30.0 Å². The molecule has 1 saturated heterocycles. The van der Waals surface area contributed by atoms with Crippen LogP contribution in [-0.4, -0.2) is 95.7 Å². The number of carbonyl (C=O) groups is 4. The smallest absolute Gasteiger partial charge is 0.434 e. The first-order valence-corrected chi connectivity index (χ1v) is 23.1. The average Bonchev–Trinajstić information content (AvgIpc) is 3.46. The minimum atomic E-state index is -0.590. The molecule has 7 rings (SSSR count). The number of rotatable bonds is 8. The number of amides is 2. The Balaban J connectivity index is 0.000000211. The van der Waals surface area contributed by atoms with Crippen LogP contribution in [0.3, 0.4) is 0 Å². The van der Waals surface area contributed by atoms with Gasteiger partial charge in [-0.15, -0.1) is 10.2 Å². The van der Waals surface area contributed by atoms with E-state index in [1.807, 2.05) is 55.4 Å². The van der Waals surface area contributed by atoms with Crippen LogP contribution in [0, 0.1) is 0 Å². The van der Waals surface area contributed by atoms with Crippen molar-refractivity contribution in [2.75, 3.05) is 14.1 Å². The van der Waals surface area contributed by atoms with E-state index >= 15 is 0 Å². The van der Waals surface area contributed by atoms with Crippen molar-refractivity contribution in [1.82, 2.24) is 29.6 Å². The number of hydrazone groups is 2. The SMILES string of the molecule is CC(C)c1cc(Oc2c(Cl)cc(B3OC(C)(C)C(C)(C)O3)cc2Cl)nn(C)c1=O.CC(C)c1cc(Oc2c(Cl)cc(C3=NN(C)C(=O)CC3=O)cc2Cl)nn(C)c1=O.CN1N=C(Br)C(=O)CC1=O. The standard InChI is InChI=1S/C20H25BCl2N2O4.C19H18Cl2N4O4.C5H5BrN2O2/c1-11(2)13-10-16(24-25(7)18(13)26)27-17-14(22)8-12(9-15(17)23)21-28-19(3,4)20(5,6)29-21;1-9(2)11-7-15(22-25(4)19(11)28)29-18-12(20)5-10(6-13(18)21)17-14(26)8-16(27)24(3)23-17;1-8-4(10)2-3(9)5(6)7-8/h8-11H,1-7H3;5-7,9H,8H2,1-4H3;2H2,1H3. The van der Waals surface area contributed by atoms with Crippen molar-refractivity contribution in [2.24, 2.45) is 24.3 Å².